The molecule has 0 saturated carbocycles. The van der Waals surface area contributed by atoms with Gasteiger partial charge in [0.25, 0.3) is 0 Å². The second-order valence-corrected chi connectivity index (χ2v) is 6.52. The molecule has 2 aromatic rings. The zero-order chi connectivity index (χ0) is 17.8. The summed E-state index contributed by atoms with van der Waals surface area (Å²) in [5, 5.41) is 13.0. The van der Waals surface area contributed by atoms with E-state index in [1.807, 2.05) is 6.07 Å². The van der Waals surface area contributed by atoms with Crippen molar-refractivity contribution in [1.29, 1.82) is 0 Å². The highest BCUT2D eigenvalue weighted by atomic mass is 35.5. The van der Waals surface area contributed by atoms with Gasteiger partial charge in [-0.1, -0.05) is 29.3 Å². The summed E-state index contributed by atoms with van der Waals surface area (Å²) >= 11 is 12.0. The molecule has 2 aromatic carbocycles. The monoisotopic (exact) mass is 381 g/mol. The van der Waals surface area contributed by atoms with Gasteiger partial charge in [0.1, 0.15) is 0 Å². The summed E-state index contributed by atoms with van der Waals surface area (Å²) in [6.45, 7) is 0.158. The molecule has 0 bridgehead atoms. The van der Waals surface area contributed by atoms with Crippen LogP contribution in [0.25, 0.3) is 0 Å². The predicted molar refractivity (Wildman–Crippen MR) is 96.7 cm³/mol. The Hall–Kier alpha value is -1.95. The highest BCUT2D eigenvalue weighted by Crippen LogP contribution is 2.35. The summed E-state index contributed by atoms with van der Waals surface area (Å²) in [7, 11) is 0. The van der Waals surface area contributed by atoms with Crippen molar-refractivity contribution in [2.45, 2.75) is 18.8 Å². The van der Waals surface area contributed by atoms with Crippen LogP contribution in [0.3, 0.4) is 0 Å². The SMILES string of the molecule is O=C(CC(CCO)c1ccc(Cl)c(Cl)c1)Nc1ccc2c(c1)OCO2. The number of amides is 1. The lowest BCUT2D eigenvalue weighted by Crippen LogP contribution is -2.16. The van der Waals surface area contributed by atoms with Crippen LogP contribution in [-0.2, 0) is 4.79 Å². The maximum absolute atomic E-state index is 12.4. The van der Waals surface area contributed by atoms with Crippen LogP contribution in [0.15, 0.2) is 36.4 Å². The second-order valence-electron chi connectivity index (χ2n) is 5.70. The van der Waals surface area contributed by atoms with E-state index in [9.17, 15) is 9.90 Å². The van der Waals surface area contributed by atoms with Crippen molar-refractivity contribution in [3.63, 3.8) is 0 Å². The number of ether oxygens (including phenoxy) is 2. The van der Waals surface area contributed by atoms with E-state index in [4.69, 9.17) is 32.7 Å². The molecule has 1 amide bonds. The number of hydrogen-bond donors (Lipinski definition) is 2. The molecule has 0 radical (unpaired) electrons. The predicted octanol–water partition coefficient (Wildman–Crippen LogP) is 4.22. The summed E-state index contributed by atoms with van der Waals surface area (Å²) in [6, 6.07) is 10.5. The van der Waals surface area contributed by atoms with Gasteiger partial charge in [-0.05, 0) is 42.2 Å². The minimum absolute atomic E-state index is 0.0256. The number of nitrogens with one attached hydrogen (secondary N) is 1. The van der Waals surface area contributed by atoms with E-state index >= 15 is 0 Å². The number of aliphatic hydroxyl groups is 1. The summed E-state index contributed by atoms with van der Waals surface area (Å²) in [5.41, 5.74) is 1.50. The molecule has 0 spiro atoms. The molecule has 1 atom stereocenters. The van der Waals surface area contributed by atoms with Gasteiger partial charge in [0.2, 0.25) is 12.7 Å². The average Bonchev–Trinajstić information content (AvgIpc) is 3.04. The van der Waals surface area contributed by atoms with E-state index in [-0.39, 0.29) is 31.6 Å². The van der Waals surface area contributed by atoms with E-state index in [2.05, 4.69) is 5.32 Å². The van der Waals surface area contributed by atoms with Crippen LogP contribution in [0.2, 0.25) is 10.0 Å². The van der Waals surface area contributed by atoms with Gasteiger partial charge in [0.15, 0.2) is 11.5 Å². The van der Waals surface area contributed by atoms with Crippen LogP contribution >= 0.6 is 23.2 Å². The van der Waals surface area contributed by atoms with Gasteiger partial charge < -0.3 is 19.9 Å². The highest BCUT2D eigenvalue weighted by Gasteiger charge is 2.18. The van der Waals surface area contributed by atoms with Gasteiger partial charge in [-0.2, -0.15) is 0 Å². The van der Waals surface area contributed by atoms with Gasteiger partial charge >= 0.3 is 0 Å². The number of carbonyl (C=O) groups is 1. The number of aliphatic hydroxyl groups excluding tert-OH is 1. The van der Waals surface area contributed by atoms with E-state index in [0.717, 1.165) is 5.56 Å². The van der Waals surface area contributed by atoms with Crippen molar-refractivity contribution >= 4 is 34.8 Å². The lowest BCUT2D eigenvalue weighted by atomic mass is 9.92. The third-order valence-electron chi connectivity index (χ3n) is 3.98. The van der Waals surface area contributed by atoms with Gasteiger partial charge in [0.05, 0.1) is 10.0 Å². The van der Waals surface area contributed by atoms with Crippen molar-refractivity contribution in [3.8, 4) is 11.5 Å². The molecule has 1 unspecified atom stereocenters. The van der Waals surface area contributed by atoms with Crippen molar-refractivity contribution in [2.75, 3.05) is 18.7 Å². The van der Waals surface area contributed by atoms with Gasteiger partial charge in [-0.25, -0.2) is 0 Å². The van der Waals surface area contributed by atoms with Crippen LogP contribution in [0.5, 0.6) is 11.5 Å². The first kappa shape index (κ1) is 17.9. The van der Waals surface area contributed by atoms with Gasteiger partial charge in [0, 0.05) is 24.8 Å². The molecule has 25 heavy (non-hydrogen) atoms. The molecular weight excluding hydrogens is 365 g/mol. The Morgan fingerprint density at radius 2 is 1.92 bits per heavy atom. The summed E-state index contributed by atoms with van der Waals surface area (Å²) < 4.78 is 10.5. The van der Waals surface area contributed by atoms with Crippen molar-refractivity contribution in [1.82, 2.24) is 0 Å². The number of carbonyl (C=O) groups excluding carboxylic acids is 1. The number of fused-ring (bicyclic) bond motifs is 1. The standard InChI is InChI=1S/C18H17Cl2NO4/c19-14-3-1-11(7-15(14)20)12(5-6-22)8-18(23)21-13-2-4-16-17(9-13)25-10-24-16/h1-4,7,9,12,22H,5-6,8,10H2,(H,21,23). The normalized spacial score (nSPS) is 13.6. The fraction of sp³-hybridized carbons (Fsp3) is 0.278. The van der Waals surface area contributed by atoms with E-state index in [0.29, 0.717) is 33.7 Å². The fourth-order valence-corrected chi connectivity index (χ4v) is 3.03. The van der Waals surface area contributed by atoms with Gasteiger partial charge in [-0.3, -0.25) is 4.79 Å². The first-order valence-electron chi connectivity index (χ1n) is 7.82. The second kappa shape index (κ2) is 7.95. The molecule has 0 aliphatic carbocycles. The first-order valence-corrected chi connectivity index (χ1v) is 8.57. The first-order chi connectivity index (χ1) is 12.1. The maximum Gasteiger partial charge on any atom is 0.231 e. The molecule has 0 fully saturated rings. The molecule has 7 heteroatoms. The molecule has 1 aliphatic rings. The van der Waals surface area contributed by atoms with Gasteiger partial charge in [-0.15, -0.1) is 0 Å². The highest BCUT2D eigenvalue weighted by molar-refractivity contribution is 6.42. The Kier molecular flexibility index (Phi) is 5.68. The molecule has 3 rings (SSSR count). The number of halogens is 2. The smallest absolute Gasteiger partial charge is 0.231 e. The average molecular weight is 382 g/mol. The molecule has 0 aromatic heterocycles. The number of rotatable bonds is 6. The number of benzene rings is 2. The van der Waals surface area contributed by atoms with Crippen LogP contribution in [0.4, 0.5) is 5.69 Å². The van der Waals surface area contributed by atoms with E-state index < -0.39 is 0 Å². The Labute approximate surface area is 155 Å². The van der Waals surface area contributed by atoms with Crippen molar-refractivity contribution < 1.29 is 19.4 Å². The molecule has 5 nitrogen and oxygen atoms in total. The molecular formula is C18H17Cl2NO4. The molecule has 132 valence electrons. The quantitative estimate of drug-likeness (QED) is 0.785. The van der Waals surface area contributed by atoms with Crippen LogP contribution in [0.1, 0.15) is 24.3 Å². The Morgan fingerprint density at radius 1 is 1.12 bits per heavy atom. The summed E-state index contributed by atoms with van der Waals surface area (Å²) in [4.78, 5) is 12.4. The van der Waals surface area contributed by atoms with Crippen LogP contribution in [-0.4, -0.2) is 24.4 Å². The third kappa shape index (κ3) is 4.37. The van der Waals surface area contributed by atoms with Crippen LogP contribution < -0.4 is 14.8 Å². The molecule has 2 N–H and O–H groups in total. The minimum atomic E-state index is -0.164. The molecule has 1 heterocycles. The summed E-state index contributed by atoms with van der Waals surface area (Å²) in [5.74, 6) is 0.943. The Morgan fingerprint density at radius 3 is 2.68 bits per heavy atom. The van der Waals surface area contributed by atoms with E-state index in [1.54, 1.807) is 30.3 Å². The minimum Gasteiger partial charge on any atom is -0.454 e. The Balaban J connectivity index is 1.69. The Bertz CT molecular complexity index is 782. The topological polar surface area (TPSA) is 67.8 Å². The fourth-order valence-electron chi connectivity index (χ4n) is 2.72. The zero-order valence-corrected chi connectivity index (χ0v) is 14.8. The lowest BCUT2D eigenvalue weighted by molar-refractivity contribution is -0.116. The zero-order valence-electron chi connectivity index (χ0n) is 13.3. The number of anilines is 1. The van der Waals surface area contributed by atoms with Crippen LogP contribution in [0, 0.1) is 0 Å². The van der Waals surface area contributed by atoms with E-state index in [1.165, 1.54) is 0 Å². The lowest BCUT2D eigenvalue weighted by Gasteiger charge is -2.17. The van der Waals surface area contributed by atoms with Crippen molar-refractivity contribution in [2.24, 2.45) is 0 Å². The number of hydrogen-bond acceptors (Lipinski definition) is 4. The van der Waals surface area contributed by atoms with Crippen molar-refractivity contribution in [3.05, 3.63) is 52.0 Å². The third-order valence-corrected chi connectivity index (χ3v) is 4.72. The molecule has 1 aliphatic heterocycles. The molecule has 0 saturated heterocycles. The maximum atomic E-state index is 12.4. The largest absolute Gasteiger partial charge is 0.454 e. The summed E-state index contributed by atoms with van der Waals surface area (Å²) in [6.07, 6.45) is 0.666.